The maximum atomic E-state index is 6.29. The van der Waals surface area contributed by atoms with Crippen molar-refractivity contribution >= 4 is 44.1 Å². The number of hydrogen-bond donors (Lipinski definition) is 1. The van der Waals surface area contributed by atoms with Crippen molar-refractivity contribution in [3.05, 3.63) is 33.4 Å². The van der Waals surface area contributed by atoms with Gasteiger partial charge in [-0.25, -0.2) is 0 Å². The van der Waals surface area contributed by atoms with Gasteiger partial charge >= 0.3 is 0 Å². The van der Waals surface area contributed by atoms with Gasteiger partial charge in [0.05, 0.1) is 10.5 Å². The molecule has 2 nitrogen and oxygen atoms in total. The maximum absolute atomic E-state index is 6.29. The van der Waals surface area contributed by atoms with Gasteiger partial charge in [0, 0.05) is 27.8 Å². The number of aromatic nitrogens is 1. The Balaban J connectivity index is 2.68. The number of nitrogens with zero attached hydrogens (tertiary/aromatic N) is 1. The lowest BCUT2D eigenvalue weighted by Gasteiger charge is -2.12. The van der Waals surface area contributed by atoms with Crippen LogP contribution in [0.25, 0.3) is 10.9 Å². The lowest BCUT2D eigenvalue weighted by molar-refractivity contribution is 0.890. The van der Waals surface area contributed by atoms with Gasteiger partial charge in [-0.3, -0.25) is 4.98 Å². The van der Waals surface area contributed by atoms with E-state index in [-0.39, 0.29) is 0 Å². The maximum Gasteiger partial charge on any atom is 0.0912 e. The van der Waals surface area contributed by atoms with E-state index in [4.69, 9.17) is 11.6 Å². The van der Waals surface area contributed by atoms with Gasteiger partial charge in [0.2, 0.25) is 0 Å². The van der Waals surface area contributed by atoms with E-state index in [0.717, 1.165) is 46.1 Å². The molecule has 4 heteroatoms. The number of aryl methyl sites for hydroxylation is 1. The Morgan fingerprint density at radius 2 is 2.06 bits per heavy atom. The quantitative estimate of drug-likeness (QED) is 0.851. The minimum absolute atomic E-state index is 0.691. The van der Waals surface area contributed by atoms with Gasteiger partial charge < -0.3 is 5.32 Å². The van der Waals surface area contributed by atoms with E-state index in [0.29, 0.717) is 5.02 Å². The lowest BCUT2D eigenvalue weighted by atomic mass is 10.1. The molecular formula is C14H16BrClN2. The molecule has 1 N–H and O–H groups in total. The summed E-state index contributed by atoms with van der Waals surface area (Å²) in [5.74, 6) is 0. The molecule has 0 amide bonds. The number of nitrogens with one attached hydrogen (secondary N) is 1. The summed E-state index contributed by atoms with van der Waals surface area (Å²) in [7, 11) is 0. The topological polar surface area (TPSA) is 24.9 Å². The van der Waals surface area contributed by atoms with Crippen molar-refractivity contribution in [2.75, 3.05) is 11.9 Å². The van der Waals surface area contributed by atoms with Gasteiger partial charge in [-0.05, 0) is 31.5 Å². The van der Waals surface area contributed by atoms with E-state index in [1.54, 1.807) is 0 Å². The van der Waals surface area contributed by atoms with Gasteiger partial charge in [0.1, 0.15) is 0 Å². The first kappa shape index (κ1) is 13.6. The predicted octanol–water partition coefficient (Wildman–Crippen LogP) is 5.04. The van der Waals surface area contributed by atoms with Gasteiger partial charge in [-0.1, -0.05) is 40.9 Å². The van der Waals surface area contributed by atoms with Crippen molar-refractivity contribution < 1.29 is 0 Å². The van der Waals surface area contributed by atoms with Crippen LogP contribution in [0, 0.1) is 0 Å². The Labute approximate surface area is 121 Å². The number of hydrogen-bond acceptors (Lipinski definition) is 2. The predicted molar refractivity (Wildman–Crippen MR) is 82.6 cm³/mol. The Hall–Kier alpha value is -0.800. The summed E-state index contributed by atoms with van der Waals surface area (Å²) in [6.07, 6.45) is 2.05. The summed E-state index contributed by atoms with van der Waals surface area (Å²) >= 11 is 9.76. The standard InChI is InChI=1S/C14H16BrClN2/c1-3-5-10-8-13(17-4-2)11-6-9(15)7-12(16)14(11)18-10/h6-8H,3-5H2,1-2H3,(H,17,18). The summed E-state index contributed by atoms with van der Waals surface area (Å²) in [4.78, 5) is 4.66. The number of rotatable bonds is 4. The molecule has 0 aliphatic carbocycles. The van der Waals surface area contributed by atoms with Crippen molar-refractivity contribution in [1.29, 1.82) is 0 Å². The molecule has 2 aromatic rings. The molecule has 0 spiro atoms. The van der Waals surface area contributed by atoms with Gasteiger partial charge in [0.15, 0.2) is 0 Å². The van der Waals surface area contributed by atoms with Crippen LogP contribution >= 0.6 is 27.5 Å². The molecule has 0 unspecified atom stereocenters. The fourth-order valence-electron chi connectivity index (χ4n) is 2.03. The molecule has 0 saturated carbocycles. The summed E-state index contributed by atoms with van der Waals surface area (Å²) in [5.41, 5.74) is 3.07. The molecule has 1 heterocycles. The van der Waals surface area contributed by atoms with Crippen LogP contribution in [0.4, 0.5) is 5.69 Å². The van der Waals surface area contributed by atoms with Crippen LogP contribution in [-0.2, 0) is 6.42 Å². The van der Waals surface area contributed by atoms with Crippen molar-refractivity contribution in [2.45, 2.75) is 26.7 Å². The van der Waals surface area contributed by atoms with Crippen molar-refractivity contribution in [3.8, 4) is 0 Å². The van der Waals surface area contributed by atoms with Crippen LogP contribution in [0.3, 0.4) is 0 Å². The molecule has 0 aliphatic heterocycles. The minimum Gasteiger partial charge on any atom is -0.385 e. The van der Waals surface area contributed by atoms with Crippen LogP contribution in [0.5, 0.6) is 0 Å². The van der Waals surface area contributed by atoms with Crippen LogP contribution in [0.2, 0.25) is 5.02 Å². The zero-order valence-electron chi connectivity index (χ0n) is 10.6. The second-order valence-corrected chi connectivity index (χ2v) is 5.55. The second kappa shape index (κ2) is 5.89. The monoisotopic (exact) mass is 326 g/mol. The van der Waals surface area contributed by atoms with E-state index >= 15 is 0 Å². The number of fused-ring (bicyclic) bond motifs is 1. The number of benzene rings is 1. The average molecular weight is 328 g/mol. The third-order valence-corrected chi connectivity index (χ3v) is 3.50. The zero-order valence-corrected chi connectivity index (χ0v) is 12.9. The minimum atomic E-state index is 0.691. The Kier molecular flexibility index (Phi) is 4.46. The molecule has 0 atom stereocenters. The summed E-state index contributed by atoms with van der Waals surface area (Å²) in [5, 5.41) is 5.14. The van der Waals surface area contributed by atoms with Crippen LogP contribution in [0.15, 0.2) is 22.7 Å². The molecule has 0 bridgehead atoms. The number of anilines is 1. The van der Waals surface area contributed by atoms with Gasteiger partial charge in [-0.2, -0.15) is 0 Å². The first-order valence-electron chi connectivity index (χ1n) is 6.18. The molecule has 0 saturated heterocycles. The first-order valence-corrected chi connectivity index (χ1v) is 7.35. The molecule has 0 radical (unpaired) electrons. The van der Waals surface area contributed by atoms with Crippen LogP contribution in [0.1, 0.15) is 26.0 Å². The zero-order chi connectivity index (χ0) is 13.1. The molecule has 1 aromatic heterocycles. The third kappa shape index (κ3) is 2.78. The summed E-state index contributed by atoms with van der Waals surface area (Å²) < 4.78 is 0.976. The Morgan fingerprint density at radius 3 is 2.72 bits per heavy atom. The summed E-state index contributed by atoms with van der Waals surface area (Å²) in [6.45, 7) is 5.13. The van der Waals surface area contributed by atoms with E-state index in [2.05, 4.69) is 52.2 Å². The van der Waals surface area contributed by atoms with Gasteiger partial charge in [0.25, 0.3) is 0 Å². The third-order valence-electron chi connectivity index (χ3n) is 2.76. The van der Waals surface area contributed by atoms with Crippen molar-refractivity contribution in [1.82, 2.24) is 4.98 Å². The van der Waals surface area contributed by atoms with Crippen LogP contribution in [-0.4, -0.2) is 11.5 Å². The van der Waals surface area contributed by atoms with Crippen molar-refractivity contribution in [3.63, 3.8) is 0 Å². The van der Waals surface area contributed by atoms with E-state index < -0.39 is 0 Å². The molecule has 2 rings (SSSR count). The lowest BCUT2D eigenvalue weighted by Crippen LogP contribution is -2.01. The van der Waals surface area contributed by atoms with E-state index in [9.17, 15) is 0 Å². The normalized spacial score (nSPS) is 10.9. The highest BCUT2D eigenvalue weighted by Crippen LogP contribution is 2.32. The highest BCUT2D eigenvalue weighted by molar-refractivity contribution is 9.10. The van der Waals surface area contributed by atoms with E-state index in [1.807, 2.05) is 6.07 Å². The summed E-state index contributed by atoms with van der Waals surface area (Å²) in [6, 6.07) is 6.07. The highest BCUT2D eigenvalue weighted by atomic mass is 79.9. The molecule has 0 aliphatic rings. The van der Waals surface area contributed by atoms with Crippen molar-refractivity contribution in [2.24, 2.45) is 0 Å². The highest BCUT2D eigenvalue weighted by Gasteiger charge is 2.09. The number of pyridine rings is 1. The van der Waals surface area contributed by atoms with E-state index in [1.165, 1.54) is 0 Å². The SMILES string of the molecule is CCCc1cc(NCC)c2cc(Br)cc(Cl)c2n1. The largest absolute Gasteiger partial charge is 0.385 e. The molecule has 0 fully saturated rings. The number of halogens is 2. The molecule has 18 heavy (non-hydrogen) atoms. The molecule has 1 aromatic carbocycles. The average Bonchev–Trinajstić information content (AvgIpc) is 2.31. The van der Waals surface area contributed by atoms with Gasteiger partial charge in [-0.15, -0.1) is 0 Å². The Morgan fingerprint density at radius 1 is 1.28 bits per heavy atom. The molecule has 96 valence electrons. The Bertz CT molecular complexity index is 569. The van der Waals surface area contributed by atoms with Crippen LogP contribution < -0.4 is 5.32 Å². The fraction of sp³-hybridized carbons (Fsp3) is 0.357. The smallest absolute Gasteiger partial charge is 0.0912 e. The first-order chi connectivity index (χ1) is 8.65. The second-order valence-electron chi connectivity index (χ2n) is 4.23. The fourth-order valence-corrected chi connectivity index (χ4v) is 2.88. The molecular weight excluding hydrogens is 312 g/mol.